The van der Waals surface area contributed by atoms with Gasteiger partial charge in [0.1, 0.15) is 5.75 Å². The van der Waals surface area contributed by atoms with Gasteiger partial charge >= 0.3 is 5.97 Å². The molecule has 0 saturated carbocycles. The summed E-state index contributed by atoms with van der Waals surface area (Å²) >= 11 is 0. The molecule has 8 nitrogen and oxygen atoms in total. The third-order valence-electron chi connectivity index (χ3n) is 3.35. The van der Waals surface area contributed by atoms with Crippen molar-refractivity contribution in [3.05, 3.63) is 48.4 Å². The van der Waals surface area contributed by atoms with E-state index in [1.54, 1.807) is 36.4 Å². The molecule has 8 heteroatoms. The molecule has 2 rings (SSSR count). The first kappa shape index (κ1) is 19.0. The van der Waals surface area contributed by atoms with Crippen molar-refractivity contribution in [1.82, 2.24) is 5.32 Å². The molecule has 1 heterocycles. The molecule has 0 fully saturated rings. The topological polar surface area (TPSA) is 118 Å². The summed E-state index contributed by atoms with van der Waals surface area (Å²) in [7, 11) is 0. The minimum atomic E-state index is -0.848. The fourth-order valence-electron chi connectivity index (χ4n) is 2.09. The summed E-state index contributed by atoms with van der Waals surface area (Å²) in [6.45, 7) is 0.225. The highest BCUT2D eigenvalue weighted by atomic mass is 16.5. The van der Waals surface area contributed by atoms with E-state index in [9.17, 15) is 14.4 Å². The number of anilines is 1. The number of hydrogen-bond acceptors (Lipinski definition) is 5. The fraction of sp³-hybridized carbons (Fsp3) is 0.278. The monoisotopic (exact) mass is 360 g/mol. The Morgan fingerprint density at radius 1 is 1.12 bits per heavy atom. The van der Waals surface area contributed by atoms with E-state index in [0.717, 1.165) is 0 Å². The van der Waals surface area contributed by atoms with Gasteiger partial charge in [-0.05, 0) is 37.1 Å². The lowest BCUT2D eigenvalue weighted by molar-refractivity contribution is -0.137. The van der Waals surface area contributed by atoms with Gasteiger partial charge in [0.05, 0.1) is 6.26 Å². The Bertz CT molecular complexity index is 742. The second kappa shape index (κ2) is 9.87. The number of furan rings is 1. The lowest BCUT2D eigenvalue weighted by Gasteiger charge is -2.09. The Morgan fingerprint density at radius 2 is 1.96 bits per heavy atom. The Morgan fingerprint density at radius 3 is 2.69 bits per heavy atom. The van der Waals surface area contributed by atoms with E-state index in [2.05, 4.69) is 10.6 Å². The molecule has 0 unspecified atom stereocenters. The molecule has 2 aromatic rings. The zero-order valence-electron chi connectivity index (χ0n) is 14.1. The van der Waals surface area contributed by atoms with Gasteiger partial charge in [0.2, 0.25) is 0 Å². The van der Waals surface area contributed by atoms with Crippen LogP contribution in [0.2, 0.25) is 0 Å². The summed E-state index contributed by atoms with van der Waals surface area (Å²) in [5.41, 5.74) is 0.512. The molecule has 0 aliphatic carbocycles. The highest BCUT2D eigenvalue weighted by Gasteiger charge is 2.09. The van der Waals surface area contributed by atoms with Gasteiger partial charge in [-0.3, -0.25) is 14.4 Å². The summed E-state index contributed by atoms with van der Waals surface area (Å²) in [4.78, 5) is 34.0. The van der Waals surface area contributed by atoms with Crippen LogP contribution in [-0.4, -0.2) is 36.0 Å². The number of carbonyl (C=O) groups is 3. The fourth-order valence-corrected chi connectivity index (χ4v) is 2.09. The van der Waals surface area contributed by atoms with Crippen LogP contribution in [0, 0.1) is 0 Å². The van der Waals surface area contributed by atoms with Gasteiger partial charge < -0.3 is 24.9 Å². The average molecular weight is 360 g/mol. The lowest BCUT2D eigenvalue weighted by atomic mass is 10.2. The highest BCUT2D eigenvalue weighted by molar-refractivity contribution is 6.02. The Balaban J connectivity index is 1.73. The van der Waals surface area contributed by atoms with Gasteiger partial charge in [-0.25, -0.2) is 0 Å². The van der Waals surface area contributed by atoms with Crippen molar-refractivity contribution in [2.24, 2.45) is 0 Å². The molecule has 1 aromatic carbocycles. The minimum absolute atomic E-state index is 0.0862. The summed E-state index contributed by atoms with van der Waals surface area (Å²) < 4.78 is 10.4. The second-order valence-electron chi connectivity index (χ2n) is 5.45. The molecule has 0 aliphatic rings. The number of hydrogen-bond donors (Lipinski definition) is 3. The van der Waals surface area contributed by atoms with Crippen LogP contribution in [0.4, 0.5) is 5.69 Å². The zero-order valence-corrected chi connectivity index (χ0v) is 14.1. The van der Waals surface area contributed by atoms with Gasteiger partial charge in [0.25, 0.3) is 11.8 Å². The van der Waals surface area contributed by atoms with Crippen molar-refractivity contribution in [1.29, 1.82) is 0 Å². The number of carboxylic acid groups (broad SMARTS) is 1. The Hall–Kier alpha value is -3.29. The van der Waals surface area contributed by atoms with Crippen LogP contribution >= 0.6 is 0 Å². The number of carbonyl (C=O) groups excluding carboxylic acids is 2. The molecule has 0 radical (unpaired) electrons. The number of unbranched alkanes of at least 4 members (excludes halogenated alkanes) is 1. The van der Waals surface area contributed by atoms with Crippen molar-refractivity contribution in [2.45, 2.75) is 19.3 Å². The first-order chi connectivity index (χ1) is 12.5. The van der Waals surface area contributed by atoms with E-state index in [-0.39, 0.29) is 30.6 Å². The van der Waals surface area contributed by atoms with Gasteiger partial charge in [-0.2, -0.15) is 0 Å². The maximum Gasteiger partial charge on any atom is 0.303 e. The number of ether oxygens (including phenoxy) is 1. The summed E-state index contributed by atoms with van der Waals surface area (Å²) in [6.07, 6.45) is 2.60. The molecule has 0 saturated heterocycles. The summed E-state index contributed by atoms with van der Waals surface area (Å²) in [5, 5.41) is 13.8. The third kappa shape index (κ3) is 6.68. The maximum atomic E-state index is 11.9. The van der Waals surface area contributed by atoms with Gasteiger partial charge in [0.15, 0.2) is 12.4 Å². The van der Waals surface area contributed by atoms with Crippen LogP contribution in [0.15, 0.2) is 47.1 Å². The first-order valence-electron chi connectivity index (χ1n) is 8.11. The van der Waals surface area contributed by atoms with Crippen molar-refractivity contribution < 1.29 is 28.6 Å². The van der Waals surface area contributed by atoms with E-state index in [4.69, 9.17) is 14.3 Å². The quantitative estimate of drug-likeness (QED) is 0.560. The molecule has 26 heavy (non-hydrogen) atoms. The first-order valence-corrected chi connectivity index (χ1v) is 8.11. The predicted molar refractivity (Wildman–Crippen MR) is 93.1 cm³/mol. The smallest absolute Gasteiger partial charge is 0.303 e. The van der Waals surface area contributed by atoms with E-state index in [0.29, 0.717) is 30.8 Å². The minimum Gasteiger partial charge on any atom is -0.484 e. The number of aliphatic carboxylic acids is 1. The second-order valence-corrected chi connectivity index (χ2v) is 5.45. The average Bonchev–Trinajstić information content (AvgIpc) is 3.14. The Labute approximate surface area is 150 Å². The SMILES string of the molecule is O=C(O)CCCCNC(=O)COc1cccc(NC(=O)c2ccco2)c1. The standard InChI is InChI=1S/C18H20N2O6/c21-16(19-9-2-1-8-17(22)23)12-26-14-6-3-5-13(11-14)20-18(24)15-7-4-10-25-15/h3-7,10-11H,1-2,8-9,12H2,(H,19,21)(H,20,24)(H,22,23). The van der Waals surface area contributed by atoms with Gasteiger partial charge in [-0.1, -0.05) is 6.07 Å². The number of rotatable bonds is 10. The maximum absolute atomic E-state index is 11.9. The van der Waals surface area contributed by atoms with Crippen LogP contribution in [0.1, 0.15) is 29.8 Å². The zero-order chi connectivity index (χ0) is 18.8. The third-order valence-corrected chi connectivity index (χ3v) is 3.35. The number of carboxylic acids is 1. The normalized spacial score (nSPS) is 10.2. The van der Waals surface area contributed by atoms with E-state index in [1.165, 1.54) is 6.26 Å². The van der Waals surface area contributed by atoms with Crippen LogP contribution in [-0.2, 0) is 9.59 Å². The number of benzene rings is 1. The molecular formula is C18H20N2O6. The largest absolute Gasteiger partial charge is 0.484 e. The van der Waals surface area contributed by atoms with Crippen molar-refractivity contribution in [3.63, 3.8) is 0 Å². The van der Waals surface area contributed by atoms with Gasteiger partial charge in [0, 0.05) is 24.7 Å². The molecule has 2 amide bonds. The van der Waals surface area contributed by atoms with Crippen LogP contribution < -0.4 is 15.4 Å². The summed E-state index contributed by atoms with van der Waals surface area (Å²) in [5.74, 6) is -0.905. The van der Waals surface area contributed by atoms with Crippen LogP contribution in [0.25, 0.3) is 0 Å². The highest BCUT2D eigenvalue weighted by Crippen LogP contribution is 2.18. The molecule has 0 aliphatic heterocycles. The van der Waals surface area contributed by atoms with E-state index >= 15 is 0 Å². The van der Waals surface area contributed by atoms with Crippen LogP contribution in [0.3, 0.4) is 0 Å². The number of amides is 2. The molecular weight excluding hydrogens is 340 g/mol. The molecule has 0 bridgehead atoms. The van der Waals surface area contributed by atoms with Gasteiger partial charge in [-0.15, -0.1) is 0 Å². The van der Waals surface area contributed by atoms with E-state index < -0.39 is 5.97 Å². The summed E-state index contributed by atoms with van der Waals surface area (Å²) in [6, 6.07) is 9.82. The Kier molecular flexibility index (Phi) is 7.23. The predicted octanol–water partition coefficient (Wildman–Crippen LogP) is 2.28. The molecule has 3 N–H and O–H groups in total. The molecule has 0 atom stereocenters. The van der Waals surface area contributed by atoms with Crippen molar-refractivity contribution in [3.8, 4) is 5.75 Å². The molecule has 0 spiro atoms. The molecule has 1 aromatic heterocycles. The lowest BCUT2D eigenvalue weighted by Crippen LogP contribution is -2.29. The van der Waals surface area contributed by atoms with Crippen molar-refractivity contribution in [2.75, 3.05) is 18.5 Å². The van der Waals surface area contributed by atoms with Crippen molar-refractivity contribution >= 4 is 23.5 Å². The molecule has 138 valence electrons. The van der Waals surface area contributed by atoms with Crippen LogP contribution in [0.5, 0.6) is 5.75 Å². The van der Waals surface area contributed by atoms with E-state index in [1.807, 2.05) is 0 Å². The number of nitrogens with one attached hydrogen (secondary N) is 2.